The molecule has 1 aromatic carbocycles. The zero-order valence-electron chi connectivity index (χ0n) is 14.7. The van der Waals surface area contributed by atoms with Gasteiger partial charge in [0.05, 0.1) is 16.9 Å². The molecule has 0 N–H and O–H groups in total. The van der Waals surface area contributed by atoms with Crippen LogP contribution >= 0.6 is 0 Å². The van der Waals surface area contributed by atoms with Gasteiger partial charge in [-0.25, -0.2) is 4.39 Å². The van der Waals surface area contributed by atoms with Crippen molar-refractivity contribution >= 4 is 11.7 Å². The Morgan fingerprint density at radius 3 is 2.48 bits per heavy atom. The van der Waals surface area contributed by atoms with E-state index in [1.807, 2.05) is 20.8 Å². The minimum atomic E-state index is -0.592. The summed E-state index contributed by atoms with van der Waals surface area (Å²) in [5.74, 6) is -0.637. The van der Waals surface area contributed by atoms with Crippen molar-refractivity contribution in [3.8, 4) is 0 Å². The van der Waals surface area contributed by atoms with Crippen molar-refractivity contribution in [1.29, 1.82) is 0 Å². The summed E-state index contributed by atoms with van der Waals surface area (Å²) < 4.78 is 19.4. The number of hydrogen-bond acceptors (Lipinski definition) is 5. The van der Waals surface area contributed by atoms with Gasteiger partial charge in [0.1, 0.15) is 11.4 Å². The third-order valence-electron chi connectivity index (χ3n) is 4.91. The van der Waals surface area contributed by atoms with E-state index in [1.165, 1.54) is 12.1 Å². The average Bonchev–Trinajstić information content (AvgIpc) is 2.38. The lowest BCUT2D eigenvalue weighted by Crippen LogP contribution is -2.56. The van der Waals surface area contributed by atoms with Gasteiger partial charge in [-0.1, -0.05) is 0 Å². The number of non-ortho nitro benzene ring substituents is 1. The highest BCUT2D eigenvalue weighted by molar-refractivity contribution is 5.74. The Bertz CT molecular complexity index is 689. The standard InChI is InChI=1S/C18H23FN2O4/c1-18(2,3)25-17(22)11-6-14(7-11)20-9-12(10-20)15-5-4-13(21(23)24)8-16(15)19/h4-5,8,11-12,14H,6-7,9-10H2,1-3H3. The average molecular weight is 350 g/mol. The van der Waals surface area contributed by atoms with Crippen molar-refractivity contribution in [1.82, 2.24) is 4.90 Å². The second-order valence-corrected chi connectivity index (χ2v) is 7.97. The van der Waals surface area contributed by atoms with Crippen molar-refractivity contribution in [3.05, 3.63) is 39.7 Å². The molecule has 2 aliphatic rings. The highest BCUT2D eigenvalue weighted by Gasteiger charge is 2.44. The summed E-state index contributed by atoms with van der Waals surface area (Å²) in [7, 11) is 0. The molecule has 1 saturated heterocycles. The van der Waals surface area contributed by atoms with Gasteiger partial charge in [-0.15, -0.1) is 0 Å². The number of ether oxygens (including phenoxy) is 1. The molecule has 3 rings (SSSR count). The van der Waals surface area contributed by atoms with Crippen LogP contribution in [0.25, 0.3) is 0 Å². The van der Waals surface area contributed by atoms with Gasteiger partial charge in [0.2, 0.25) is 0 Å². The molecule has 0 amide bonds. The van der Waals surface area contributed by atoms with Crippen LogP contribution in [0.15, 0.2) is 18.2 Å². The highest BCUT2D eigenvalue weighted by Crippen LogP contribution is 2.40. The number of nitro groups is 1. The fourth-order valence-corrected chi connectivity index (χ4v) is 3.43. The molecule has 25 heavy (non-hydrogen) atoms. The number of hydrogen-bond donors (Lipinski definition) is 0. The smallest absolute Gasteiger partial charge is 0.309 e. The molecule has 0 atom stereocenters. The topological polar surface area (TPSA) is 72.7 Å². The molecule has 1 aliphatic carbocycles. The Morgan fingerprint density at radius 1 is 1.32 bits per heavy atom. The van der Waals surface area contributed by atoms with Crippen LogP contribution in [-0.2, 0) is 9.53 Å². The zero-order valence-corrected chi connectivity index (χ0v) is 14.7. The Hall–Kier alpha value is -2.02. The molecule has 136 valence electrons. The first-order valence-corrected chi connectivity index (χ1v) is 8.55. The lowest BCUT2D eigenvalue weighted by atomic mass is 9.76. The van der Waals surface area contributed by atoms with E-state index in [-0.39, 0.29) is 23.5 Å². The van der Waals surface area contributed by atoms with Crippen LogP contribution in [0.1, 0.15) is 45.1 Å². The molecular weight excluding hydrogens is 327 g/mol. The summed E-state index contributed by atoms with van der Waals surface area (Å²) in [5.41, 5.74) is -0.154. The van der Waals surface area contributed by atoms with Crippen LogP contribution in [0.3, 0.4) is 0 Å². The lowest BCUT2D eigenvalue weighted by Gasteiger charge is -2.50. The molecule has 1 heterocycles. The van der Waals surface area contributed by atoms with E-state index in [2.05, 4.69) is 4.90 Å². The first-order chi connectivity index (χ1) is 11.6. The summed E-state index contributed by atoms with van der Waals surface area (Å²) in [6, 6.07) is 4.19. The van der Waals surface area contributed by atoms with Gasteiger partial charge in [0, 0.05) is 31.1 Å². The van der Waals surface area contributed by atoms with Crippen molar-refractivity contribution in [2.45, 2.75) is 51.2 Å². The second-order valence-electron chi connectivity index (χ2n) is 7.97. The summed E-state index contributed by atoms with van der Waals surface area (Å²) >= 11 is 0. The minimum absolute atomic E-state index is 0.0422. The number of nitrogens with zero attached hydrogens (tertiary/aromatic N) is 2. The Labute approximate surface area is 146 Å². The number of likely N-dealkylation sites (tertiary alicyclic amines) is 1. The summed E-state index contributed by atoms with van der Waals surface area (Å²) in [6.07, 6.45) is 1.56. The number of rotatable bonds is 4. The molecule has 0 radical (unpaired) electrons. The number of halogens is 1. The van der Waals surface area contributed by atoms with Gasteiger partial charge in [-0.2, -0.15) is 0 Å². The quantitative estimate of drug-likeness (QED) is 0.473. The van der Waals surface area contributed by atoms with E-state index in [4.69, 9.17) is 4.74 Å². The van der Waals surface area contributed by atoms with Crippen molar-refractivity contribution in [3.63, 3.8) is 0 Å². The fraction of sp³-hybridized carbons (Fsp3) is 0.611. The summed E-state index contributed by atoms with van der Waals surface area (Å²) in [5, 5.41) is 10.7. The van der Waals surface area contributed by atoms with Crippen molar-refractivity contribution in [2.75, 3.05) is 13.1 Å². The molecule has 0 unspecified atom stereocenters. The molecule has 1 aliphatic heterocycles. The maximum absolute atomic E-state index is 14.0. The van der Waals surface area contributed by atoms with E-state index in [0.29, 0.717) is 11.6 Å². The molecule has 6 nitrogen and oxygen atoms in total. The van der Waals surface area contributed by atoms with Crippen LogP contribution in [0.4, 0.5) is 10.1 Å². The third kappa shape index (κ3) is 3.81. The molecule has 7 heteroatoms. The third-order valence-corrected chi connectivity index (χ3v) is 4.91. The van der Waals surface area contributed by atoms with Crippen LogP contribution in [0, 0.1) is 21.8 Å². The first kappa shape index (κ1) is 17.8. The Balaban J connectivity index is 1.48. The van der Waals surface area contributed by atoms with E-state index in [0.717, 1.165) is 32.0 Å². The fourth-order valence-electron chi connectivity index (χ4n) is 3.43. The maximum atomic E-state index is 14.0. The molecule has 0 spiro atoms. The van der Waals surface area contributed by atoms with Gasteiger partial charge < -0.3 is 4.74 Å². The summed E-state index contributed by atoms with van der Waals surface area (Å²) in [6.45, 7) is 7.03. The predicted molar refractivity (Wildman–Crippen MR) is 89.7 cm³/mol. The number of carbonyl (C=O) groups is 1. The van der Waals surface area contributed by atoms with Gasteiger partial charge in [-0.3, -0.25) is 19.8 Å². The van der Waals surface area contributed by atoms with Crippen molar-refractivity contribution in [2.24, 2.45) is 5.92 Å². The normalized spacial score (nSPS) is 24.3. The molecule has 0 bridgehead atoms. The predicted octanol–water partition coefficient (Wildman–Crippen LogP) is 3.25. The Morgan fingerprint density at radius 2 is 1.96 bits per heavy atom. The van der Waals surface area contributed by atoms with Crippen LogP contribution in [0.5, 0.6) is 0 Å². The van der Waals surface area contributed by atoms with Crippen molar-refractivity contribution < 1.29 is 18.8 Å². The number of benzene rings is 1. The van der Waals surface area contributed by atoms with Gasteiger partial charge in [-0.05, 0) is 45.2 Å². The van der Waals surface area contributed by atoms with Gasteiger partial charge in [0.25, 0.3) is 5.69 Å². The molecule has 2 fully saturated rings. The van der Waals surface area contributed by atoms with Crippen LogP contribution in [-0.4, -0.2) is 40.5 Å². The number of nitro benzene ring substituents is 1. The van der Waals surface area contributed by atoms with Gasteiger partial charge >= 0.3 is 5.97 Å². The minimum Gasteiger partial charge on any atom is -0.460 e. The maximum Gasteiger partial charge on any atom is 0.309 e. The monoisotopic (exact) mass is 350 g/mol. The number of carbonyl (C=O) groups excluding carboxylic acids is 1. The van der Waals surface area contributed by atoms with E-state index in [9.17, 15) is 19.3 Å². The zero-order chi connectivity index (χ0) is 18.4. The molecule has 1 aromatic rings. The lowest BCUT2D eigenvalue weighted by molar-refractivity contribution is -0.385. The molecular formula is C18H23FN2O4. The first-order valence-electron chi connectivity index (χ1n) is 8.55. The Kier molecular flexibility index (Phi) is 4.53. The SMILES string of the molecule is CC(C)(C)OC(=O)C1CC(N2CC(c3ccc([N+](=O)[O-])cc3F)C2)C1. The largest absolute Gasteiger partial charge is 0.460 e. The highest BCUT2D eigenvalue weighted by atomic mass is 19.1. The van der Waals surface area contributed by atoms with Gasteiger partial charge in [0.15, 0.2) is 0 Å². The molecule has 1 saturated carbocycles. The van der Waals surface area contributed by atoms with E-state index in [1.54, 1.807) is 0 Å². The van der Waals surface area contributed by atoms with Crippen LogP contribution < -0.4 is 0 Å². The van der Waals surface area contributed by atoms with E-state index < -0.39 is 16.3 Å². The molecule has 0 aromatic heterocycles. The second kappa shape index (κ2) is 6.37. The number of esters is 1. The van der Waals surface area contributed by atoms with E-state index >= 15 is 0 Å². The van der Waals surface area contributed by atoms with Crippen LogP contribution in [0.2, 0.25) is 0 Å². The summed E-state index contributed by atoms with van der Waals surface area (Å²) in [4.78, 5) is 24.3.